The minimum atomic E-state index is 0.0965. The molecule has 3 aromatic rings. The lowest BCUT2D eigenvalue weighted by Gasteiger charge is -2.31. The zero-order chi connectivity index (χ0) is 19.5. The van der Waals surface area contributed by atoms with Crippen LogP contribution in [0.4, 0.5) is 0 Å². The van der Waals surface area contributed by atoms with Gasteiger partial charge in [0.2, 0.25) is 5.88 Å². The zero-order valence-corrected chi connectivity index (χ0v) is 16.2. The van der Waals surface area contributed by atoms with Crippen molar-refractivity contribution in [3.8, 4) is 17.0 Å². The summed E-state index contributed by atoms with van der Waals surface area (Å²) in [6.45, 7) is 3.57. The van der Waals surface area contributed by atoms with E-state index in [2.05, 4.69) is 15.2 Å². The van der Waals surface area contributed by atoms with Crippen molar-refractivity contribution in [2.75, 3.05) is 20.2 Å². The number of aryl methyl sites for hydroxylation is 1. The minimum absolute atomic E-state index is 0.0965. The Morgan fingerprint density at radius 3 is 2.54 bits per heavy atom. The first-order chi connectivity index (χ1) is 13.7. The summed E-state index contributed by atoms with van der Waals surface area (Å²) < 4.78 is 5.17. The molecule has 6 heteroatoms. The predicted molar refractivity (Wildman–Crippen MR) is 107 cm³/mol. The van der Waals surface area contributed by atoms with E-state index in [1.165, 1.54) is 5.69 Å². The first-order valence-electron chi connectivity index (χ1n) is 9.55. The van der Waals surface area contributed by atoms with Gasteiger partial charge >= 0.3 is 0 Å². The standard InChI is InChI=1S/C22H24N4O2/c1-15-13-21(28-2)23-14-19(15)16-3-5-18(6-4-16)22(27)26-11-8-17(9-12-26)20-7-10-24-25-20/h3-7,10,13-14,17H,8-9,11-12H2,1-2H3,(H,24,25). The average molecular weight is 376 g/mol. The second kappa shape index (κ2) is 7.84. The third kappa shape index (κ3) is 3.63. The highest BCUT2D eigenvalue weighted by molar-refractivity contribution is 5.94. The minimum Gasteiger partial charge on any atom is -0.481 e. The largest absolute Gasteiger partial charge is 0.481 e. The molecule has 0 atom stereocenters. The summed E-state index contributed by atoms with van der Waals surface area (Å²) in [5.74, 6) is 1.16. The topological polar surface area (TPSA) is 71.1 Å². The normalized spacial score (nSPS) is 14.9. The van der Waals surface area contributed by atoms with E-state index < -0.39 is 0 Å². The molecule has 2 aromatic heterocycles. The first kappa shape index (κ1) is 18.2. The lowest BCUT2D eigenvalue weighted by molar-refractivity contribution is 0.0712. The fourth-order valence-corrected chi connectivity index (χ4v) is 3.81. The summed E-state index contributed by atoms with van der Waals surface area (Å²) in [7, 11) is 1.61. The van der Waals surface area contributed by atoms with Gasteiger partial charge in [0.25, 0.3) is 5.91 Å². The quantitative estimate of drug-likeness (QED) is 0.752. The number of rotatable bonds is 4. The van der Waals surface area contributed by atoms with Crippen LogP contribution in [0.25, 0.3) is 11.1 Å². The lowest BCUT2D eigenvalue weighted by Crippen LogP contribution is -2.38. The highest BCUT2D eigenvalue weighted by Gasteiger charge is 2.25. The SMILES string of the molecule is COc1cc(C)c(-c2ccc(C(=O)N3CCC(c4ccn[nH]4)CC3)cc2)cn1. The first-order valence-corrected chi connectivity index (χ1v) is 9.55. The number of aromatic nitrogens is 3. The number of amides is 1. The van der Waals surface area contributed by atoms with Crippen molar-refractivity contribution in [3.05, 3.63) is 65.6 Å². The molecule has 1 aliphatic rings. The van der Waals surface area contributed by atoms with Crippen molar-refractivity contribution in [2.45, 2.75) is 25.7 Å². The van der Waals surface area contributed by atoms with Crippen LogP contribution in [0, 0.1) is 6.92 Å². The predicted octanol–water partition coefficient (Wildman–Crippen LogP) is 3.81. The van der Waals surface area contributed by atoms with Crippen LogP contribution < -0.4 is 4.74 Å². The van der Waals surface area contributed by atoms with E-state index in [9.17, 15) is 4.79 Å². The van der Waals surface area contributed by atoms with E-state index >= 15 is 0 Å². The summed E-state index contributed by atoms with van der Waals surface area (Å²) in [5.41, 5.74) is 5.07. The van der Waals surface area contributed by atoms with Crippen LogP contribution in [0.1, 0.15) is 40.4 Å². The van der Waals surface area contributed by atoms with E-state index in [1.54, 1.807) is 13.3 Å². The number of hydrogen-bond donors (Lipinski definition) is 1. The summed E-state index contributed by atoms with van der Waals surface area (Å²) in [5, 5.41) is 7.08. The number of hydrogen-bond acceptors (Lipinski definition) is 4. The van der Waals surface area contributed by atoms with Gasteiger partial charge in [0, 0.05) is 54.3 Å². The molecule has 0 radical (unpaired) electrons. The molecule has 1 amide bonds. The summed E-state index contributed by atoms with van der Waals surface area (Å²) >= 11 is 0. The molecular weight excluding hydrogens is 352 g/mol. The van der Waals surface area contributed by atoms with E-state index in [4.69, 9.17) is 4.74 Å². The Kier molecular flexibility index (Phi) is 5.10. The number of nitrogens with one attached hydrogen (secondary N) is 1. The fraction of sp³-hybridized carbons (Fsp3) is 0.318. The van der Waals surface area contributed by atoms with Crippen molar-refractivity contribution in [1.29, 1.82) is 0 Å². The van der Waals surface area contributed by atoms with Crippen molar-refractivity contribution < 1.29 is 9.53 Å². The molecule has 0 bridgehead atoms. The van der Waals surface area contributed by atoms with Gasteiger partial charge in [-0.05, 0) is 49.1 Å². The second-order valence-corrected chi connectivity index (χ2v) is 7.20. The summed E-state index contributed by atoms with van der Waals surface area (Å²) in [4.78, 5) is 19.1. The van der Waals surface area contributed by atoms with Crippen molar-refractivity contribution in [2.24, 2.45) is 0 Å². The highest BCUT2D eigenvalue weighted by atomic mass is 16.5. The number of H-pyrrole nitrogens is 1. The van der Waals surface area contributed by atoms with Gasteiger partial charge in [-0.2, -0.15) is 5.10 Å². The van der Waals surface area contributed by atoms with E-state index in [1.807, 2.05) is 54.4 Å². The molecule has 1 saturated heterocycles. The number of aromatic amines is 1. The molecule has 0 aliphatic carbocycles. The Morgan fingerprint density at radius 2 is 1.93 bits per heavy atom. The van der Waals surface area contributed by atoms with Crippen LogP contribution in [-0.4, -0.2) is 46.2 Å². The highest BCUT2D eigenvalue weighted by Crippen LogP contribution is 2.28. The fourth-order valence-electron chi connectivity index (χ4n) is 3.81. The lowest BCUT2D eigenvalue weighted by atomic mass is 9.93. The Balaban J connectivity index is 1.43. The van der Waals surface area contributed by atoms with Crippen molar-refractivity contribution in [3.63, 3.8) is 0 Å². The van der Waals surface area contributed by atoms with Gasteiger partial charge in [0.15, 0.2) is 0 Å². The van der Waals surface area contributed by atoms with E-state index in [0.717, 1.165) is 48.2 Å². The molecule has 3 heterocycles. The third-order valence-corrected chi connectivity index (χ3v) is 5.48. The third-order valence-electron chi connectivity index (χ3n) is 5.48. The van der Waals surface area contributed by atoms with Crippen LogP contribution in [-0.2, 0) is 0 Å². The van der Waals surface area contributed by atoms with Crippen LogP contribution >= 0.6 is 0 Å². The molecule has 1 aromatic carbocycles. The molecule has 4 rings (SSSR count). The molecule has 1 N–H and O–H groups in total. The summed E-state index contributed by atoms with van der Waals surface area (Å²) in [6, 6.07) is 11.7. The molecule has 28 heavy (non-hydrogen) atoms. The molecule has 0 unspecified atom stereocenters. The number of carbonyl (C=O) groups is 1. The number of piperidine rings is 1. The molecule has 0 spiro atoms. The number of benzene rings is 1. The molecule has 144 valence electrons. The van der Waals surface area contributed by atoms with Crippen LogP contribution in [0.5, 0.6) is 5.88 Å². The van der Waals surface area contributed by atoms with Crippen molar-refractivity contribution in [1.82, 2.24) is 20.1 Å². The number of carbonyl (C=O) groups excluding carboxylic acids is 1. The number of pyridine rings is 1. The van der Waals surface area contributed by atoms with Gasteiger partial charge in [0.1, 0.15) is 0 Å². The van der Waals surface area contributed by atoms with Gasteiger partial charge in [-0.15, -0.1) is 0 Å². The molecule has 0 saturated carbocycles. The Labute approximate surface area is 164 Å². The van der Waals surface area contributed by atoms with Gasteiger partial charge < -0.3 is 9.64 Å². The Morgan fingerprint density at radius 1 is 1.18 bits per heavy atom. The summed E-state index contributed by atoms with van der Waals surface area (Å²) in [6.07, 6.45) is 5.52. The maximum Gasteiger partial charge on any atom is 0.253 e. The van der Waals surface area contributed by atoms with Crippen LogP contribution in [0.3, 0.4) is 0 Å². The van der Waals surface area contributed by atoms with Gasteiger partial charge in [-0.1, -0.05) is 12.1 Å². The van der Waals surface area contributed by atoms with Crippen LogP contribution in [0.2, 0.25) is 0 Å². The van der Waals surface area contributed by atoms with Crippen LogP contribution in [0.15, 0.2) is 48.8 Å². The smallest absolute Gasteiger partial charge is 0.253 e. The van der Waals surface area contributed by atoms with Gasteiger partial charge in [-0.3, -0.25) is 9.89 Å². The van der Waals surface area contributed by atoms with Gasteiger partial charge in [0.05, 0.1) is 7.11 Å². The number of likely N-dealkylation sites (tertiary alicyclic amines) is 1. The number of nitrogens with zero attached hydrogens (tertiary/aromatic N) is 3. The molecular formula is C22H24N4O2. The molecule has 1 aliphatic heterocycles. The average Bonchev–Trinajstić information content (AvgIpc) is 3.28. The maximum absolute atomic E-state index is 12.9. The Bertz CT molecular complexity index is 943. The molecule has 1 fully saturated rings. The second-order valence-electron chi connectivity index (χ2n) is 7.20. The number of methoxy groups -OCH3 is 1. The van der Waals surface area contributed by atoms with E-state index in [-0.39, 0.29) is 5.91 Å². The van der Waals surface area contributed by atoms with Crippen molar-refractivity contribution >= 4 is 5.91 Å². The van der Waals surface area contributed by atoms with E-state index in [0.29, 0.717) is 11.8 Å². The zero-order valence-electron chi connectivity index (χ0n) is 16.2. The monoisotopic (exact) mass is 376 g/mol. The molecule has 6 nitrogen and oxygen atoms in total. The maximum atomic E-state index is 12.9. The Hall–Kier alpha value is -3.15. The number of ether oxygens (including phenoxy) is 1. The van der Waals surface area contributed by atoms with Gasteiger partial charge in [-0.25, -0.2) is 4.98 Å².